The van der Waals surface area contributed by atoms with E-state index in [1.54, 1.807) is 6.08 Å². The molecule has 0 saturated carbocycles. The Morgan fingerprint density at radius 2 is 0.964 bits per heavy atom. The standard InChI is InChI=1S/C46H93N2O6P/c1-6-8-10-12-14-16-17-18-19-20-21-22-23-24-25-26-27-28-29-30-32-33-35-37-39-45(49)44(43-54-55(51,52)53-42-41-48(3,4)5)47-46(50)40-38-36-34-31-15-13-11-9-7-2/h37,39,44-45,49H,6-36,38,40-43H2,1-5H3,(H-,47,50,51,52)/p+1/b39-37+. The molecule has 0 aromatic carbocycles. The molecule has 0 aromatic heterocycles. The van der Waals surface area contributed by atoms with E-state index in [0.717, 1.165) is 32.1 Å². The molecule has 0 rings (SSSR count). The van der Waals surface area contributed by atoms with Gasteiger partial charge >= 0.3 is 7.82 Å². The Labute approximate surface area is 342 Å². The van der Waals surface area contributed by atoms with Gasteiger partial charge in [0.25, 0.3) is 0 Å². The van der Waals surface area contributed by atoms with Gasteiger partial charge in [-0.1, -0.05) is 212 Å². The molecule has 0 bridgehead atoms. The van der Waals surface area contributed by atoms with Crippen molar-refractivity contribution >= 4 is 13.7 Å². The second kappa shape index (κ2) is 38.7. The van der Waals surface area contributed by atoms with E-state index in [1.165, 1.54) is 173 Å². The molecule has 0 heterocycles. The minimum atomic E-state index is -4.33. The Morgan fingerprint density at radius 3 is 1.35 bits per heavy atom. The summed E-state index contributed by atoms with van der Waals surface area (Å²) in [5.41, 5.74) is 0. The number of likely N-dealkylation sites (N-methyl/N-ethyl adjacent to an activating group) is 1. The minimum absolute atomic E-state index is 0.0644. The highest BCUT2D eigenvalue weighted by molar-refractivity contribution is 7.47. The number of allylic oxidation sites excluding steroid dienone is 1. The smallest absolute Gasteiger partial charge is 0.387 e. The summed E-state index contributed by atoms with van der Waals surface area (Å²) in [6, 6.07) is -0.839. The average molecular weight is 802 g/mol. The van der Waals surface area contributed by atoms with Crippen molar-refractivity contribution in [2.24, 2.45) is 0 Å². The Bertz CT molecular complexity index is 911. The fourth-order valence-corrected chi connectivity index (χ4v) is 7.72. The highest BCUT2D eigenvalue weighted by atomic mass is 31.2. The number of nitrogens with one attached hydrogen (secondary N) is 1. The van der Waals surface area contributed by atoms with Crippen LogP contribution in [0.2, 0.25) is 0 Å². The molecule has 0 aliphatic rings. The van der Waals surface area contributed by atoms with Gasteiger partial charge in [-0.05, 0) is 19.3 Å². The maximum absolute atomic E-state index is 12.8. The van der Waals surface area contributed by atoms with Crippen LogP contribution in [0, 0.1) is 0 Å². The molecule has 0 radical (unpaired) electrons. The Morgan fingerprint density at radius 1 is 0.600 bits per heavy atom. The summed E-state index contributed by atoms with van der Waals surface area (Å²) in [6.07, 6.45) is 44.4. The number of nitrogens with zero attached hydrogens (tertiary/aromatic N) is 1. The van der Waals surface area contributed by atoms with E-state index in [-0.39, 0.29) is 19.1 Å². The molecule has 55 heavy (non-hydrogen) atoms. The molecule has 0 saturated heterocycles. The summed E-state index contributed by atoms with van der Waals surface area (Å²) in [4.78, 5) is 23.0. The number of unbranched alkanes of at least 4 members (excludes halogenated alkanes) is 30. The first kappa shape index (κ1) is 54.2. The molecule has 3 unspecified atom stereocenters. The van der Waals surface area contributed by atoms with Crippen molar-refractivity contribution in [2.75, 3.05) is 40.9 Å². The van der Waals surface area contributed by atoms with Crippen LogP contribution in [0.1, 0.15) is 226 Å². The van der Waals surface area contributed by atoms with Crippen LogP contribution in [-0.4, -0.2) is 73.4 Å². The summed E-state index contributed by atoms with van der Waals surface area (Å²) in [5.74, 6) is -0.178. The molecule has 3 N–H and O–H groups in total. The number of carbonyl (C=O) groups is 1. The number of quaternary nitrogens is 1. The predicted molar refractivity (Wildman–Crippen MR) is 235 cm³/mol. The van der Waals surface area contributed by atoms with E-state index >= 15 is 0 Å². The van der Waals surface area contributed by atoms with Crippen molar-refractivity contribution in [1.82, 2.24) is 5.32 Å². The number of hydrogen-bond donors (Lipinski definition) is 3. The van der Waals surface area contributed by atoms with Gasteiger partial charge in [-0.15, -0.1) is 0 Å². The molecular formula is C46H94N2O6P+. The van der Waals surface area contributed by atoms with E-state index in [0.29, 0.717) is 17.4 Å². The van der Waals surface area contributed by atoms with Gasteiger partial charge < -0.3 is 19.8 Å². The van der Waals surface area contributed by atoms with Gasteiger partial charge in [0, 0.05) is 6.42 Å². The van der Waals surface area contributed by atoms with Crippen molar-refractivity contribution in [3.63, 3.8) is 0 Å². The lowest BCUT2D eigenvalue weighted by Crippen LogP contribution is -2.45. The lowest BCUT2D eigenvalue weighted by atomic mass is 10.0. The zero-order valence-electron chi connectivity index (χ0n) is 37.2. The molecule has 1 amide bonds. The minimum Gasteiger partial charge on any atom is -0.387 e. The van der Waals surface area contributed by atoms with E-state index in [9.17, 15) is 19.4 Å². The van der Waals surface area contributed by atoms with Crippen LogP contribution in [0.3, 0.4) is 0 Å². The maximum atomic E-state index is 12.8. The number of amides is 1. The molecule has 0 aliphatic heterocycles. The molecule has 8 nitrogen and oxygen atoms in total. The number of aliphatic hydroxyl groups is 1. The van der Waals surface area contributed by atoms with Gasteiger partial charge in [-0.3, -0.25) is 13.8 Å². The van der Waals surface area contributed by atoms with Crippen LogP contribution in [0.5, 0.6) is 0 Å². The summed E-state index contributed by atoms with van der Waals surface area (Å²) in [6.45, 7) is 4.81. The molecule has 328 valence electrons. The number of phosphoric acid groups is 1. The van der Waals surface area contributed by atoms with E-state index in [4.69, 9.17) is 9.05 Å². The summed E-state index contributed by atoms with van der Waals surface area (Å²) < 4.78 is 23.5. The first-order chi connectivity index (χ1) is 26.5. The van der Waals surface area contributed by atoms with Gasteiger partial charge in [-0.25, -0.2) is 4.57 Å². The molecule has 9 heteroatoms. The third-order valence-corrected chi connectivity index (χ3v) is 11.7. The topological polar surface area (TPSA) is 105 Å². The second-order valence-electron chi connectivity index (χ2n) is 17.5. The largest absolute Gasteiger partial charge is 0.472 e. The van der Waals surface area contributed by atoms with Crippen molar-refractivity contribution in [3.8, 4) is 0 Å². The molecular weight excluding hydrogens is 707 g/mol. The second-order valence-corrected chi connectivity index (χ2v) is 18.9. The van der Waals surface area contributed by atoms with Gasteiger partial charge in [0.05, 0.1) is 39.9 Å². The van der Waals surface area contributed by atoms with Crippen LogP contribution in [0.4, 0.5) is 0 Å². The first-order valence-electron chi connectivity index (χ1n) is 23.6. The van der Waals surface area contributed by atoms with Crippen LogP contribution in [-0.2, 0) is 18.4 Å². The lowest BCUT2D eigenvalue weighted by Gasteiger charge is -2.25. The molecule has 0 aromatic rings. The molecule has 0 aliphatic carbocycles. The normalized spacial score (nSPS) is 14.4. The third-order valence-electron chi connectivity index (χ3n) is 10.8. The van der Waals surface area contributed by atoms with Crippen molar-refractivity contribution < 1.29 is 32.9 Å². The summed E-state index contributed by atoms with van der Waals surface area (Å²) in [5, 5.41) is 13.8. The van der Waals surface area contributed by atoms with Gasteiger partial charge in [-0.2, -0.15) is 0 Å². The Hall–Kier alpha value is -0.760. The Balaban J connectivity index is 4.19. The summed E-state index contributed by atoms with van der Waals surface area (Å²) >= 11 is 0. The molecule has 3 atom stereocenters. The number of carbonyl (C=O) groups excluding carboxylic acids is 1. The van der Waals surface area contributed by atoms with Gasteiger partial charge in [0.15, 0.2) is 0 Å². The zero-order valence-corrected chi connectivity index (χ0v) is 38.1. The van der Waals surface area contributed by atoms with Crippen LogP contribution < -0.4 is 5.32 Å². The fraction of sp³-hybridized carbons (Fsp3) is 0.935. The number of hydrogen-bond acceptors (Lipinski definition) is 5. The van der Waals surface area contributed by atoms with Crippen LogP contribution in [0.15, 0.2) is 12.2 Å². The molecule has 0 fully saturated rings. The predicted octanol–water partition coefficient (Wildman–Crippen LogP) is 13.1. The van der Waals surface area contributed by atoms with Gasteiger partial charge in [0.1, 0.15) is 13.2 Å². The SMILES string of the molecule is CCCCCCCCCCCCCCCCCCCCCCCC/C=C/C(O)C(COP(=O)(O)OCC[N+](C)(C)C)NC(=O)CCCCCCCCCCC. The quantitative estimate of drug-likeness (QED) is 0.0245. The highest BCUT2D eigenvalue weighted by Gasteiger charge is 2.27. The van der Waals surface area contributed by atoms with Crippen molar-refractivity contribution in [2.45, 2.75) is 238 Å². The van der Waals surface area contributed by atoms with E-state index in [1.807, 2.05) is 27.2 Å². The number of rotatable bonds is 43. The van der Waals surface area contributed by atoms with Crippen LogP contribution in [0.25, 0.3) is 0 Å². The maximum Gasteiger partial charge on any atom is 0.472 e. The highest BCUT2D eigenvalue weighted by Crippen LogP contribution is 2.43. The summed E-state index contributed by atoms with van der Waals surface area (Å²) in [7, 11) is 1.58. The van der Waals surface area contributed by atoms with Crippen molar-refractivity contribution in [3.05, 3.63) is 12.2 Å². The number of aliphatic hydroxyl groups excluding tert-OH is 1. The fourth-order valence-electron chi connectivity index (χ4n) is 6.98. The van der Waals surface area contributed by atoms with E-state index < -0.39 is 20.0 Å². The van der Waals surface area contributed by atoms with Crippen molar-refractivity contribution in [1.29, 1.82) is 0 Å². The Kier molecular flexibility index (Phi) is 38.2. The number of phosphoric ester groups is 1. The average Bonchev–Trinajstić information content (AvgIpc) is 3.13. The third kappa shape index (κ3) is 41.2. The lowest BCUT2D eigenvalue weighted by molar-refractivity contribution is -0.870. The zero-order chi connectivity index (χ0) is 40.7. The van der Waals surface area contributed by atoms with Crippen LogP contribution >= 0.6 is 7.82 Å². The molecule has 0 spiro atoms. The van der Waals surface area contributed by atoms with E-state index in [2.05, 4.69) is 19.2 Å². The first-order valence-corrected chi connectivity index (χ1v) is 25.1. The van der Waals surface area contributed by atoms with Gasteiger partial charge in [0.2, 0.25) is 5.91 Å². The monoisotopic (exact) mass is 802 g/mol.